The smallest absolute Gasteiger partial charge is 0.303 e. The Morgan fingerprint density at radius 1 is 1.23 bits per heavy atom. The number of nitrogens with zero attached hydrogens (tertiary/aromatic N) is 1. The van der Waals surface area contributed by atoms with Crippen molar-refractivity contribution in [3.05, 3.63) is 45.8 Å². The highest BCUT2D eigenvalue weighted by molar-refractivity contribution is 6.30. The van der Waals surface area contributed by atoms with Crippen LogP contribution in [-0.2, 0) is 9.59 Å². The van der Waals surface area contributed by atoms with Crippen LogP contribution in [0, 0.1) is 18.3 Å². The molecule has 4 rings (SSSR count). The molecular weight excluding hydrogens is 464 g/mol. The summed E-state index contributed by atoms with van der Waals surface area (Å²) in [4.78, 5) is 24.4. The monoisotopic (exact) mass is 500 g/mol. The maximum Gasteiger partial charge on any atom is 0.303 e. The second-order valence-electron chi connectivity index (χ2n) is 11.8. The summed E-state index contributed by atoms with van der Waals surface area (Å²) in [5.74, 6) is 1.17. The summed E-state index contributed by atoms with van der Waals surface area (Å²) in [7, 11) is 0. The van der Waals surface area contributed by atoms with Crippen molar-refractivity contribution in [3.8, 4) is 0 Å². The first-order chi connectivity index (χ1) is 16.5. The van der Waals surface area contributed by atoms with Crippen LogP contribution in [0.3, 0.4) is 0 Å². The molecule has 1 amide bonds. The van der Waals surface area contributed by atoms with Crippen LogP contribution in [-0.4, -0.2) is 22.1 Å². The van der Waals surface area contributed by atoms with Gasteiger partial charge < -0.3 is 14.9 Å². The zero-order valence-electron chi connectivity index (χ0n) is 21.2. The number of carbonyl (C=O) groups is 2. The number of nitrogens with one attached hydrogen (secondary N) is 1. The van der Waals surface area contributed by atoms with Gasteiger partial charge in [0.15, 0.2) is 0 Å². The predicted molar refractivity (Wildman–Crippen MR) is 137 cm³/mol. The van der Waals surface area contributed by atoms with Crippen LogP contribution in [0.25, 0.3) is 0 Å². The highest BCUT2D eigenvalue weighted by Crippen LogP contribution is 2.53. The summed E-state index contributed by atoms with van der Waals surface area (Å²) >= 11 is 6.04. The molecule has 2 saturated carbocycles. The van der Waals surface area contributed by atoms with Crippen molar-refractivity contribution < 1.29 is 19.2 Å². The van der Waals surface area contributed by atoms with E-state index < -0.39 is 5.97 Å². The first kappa shape index (κ1) is 25.7. The van der Waals surface area contributed by atoms with Gasteiger partial charge in [-0.25, -0.2) is 0 Å². The van der Waals surface area contributed by atoms with E-state index in [1.54, 1.807) is 18.2 Å². The molecule has 6 nitrogen and oxygen atoms in total. The first-order valence-electron chi connectivity index (χ1n) is 12.8. The van der Waals surface area contributed by atoms with E-state index in [0.29, 0.717) is 40.3 Å². The SMILES string of the molecule is Cc1cc(Cl)ccc1NC(=O)C[C@H](CCC(=O)O)c1noc([C@H]2C[C@H](CC(C)(C)C)C2)c1C1CC1. The van der Waals surface area contributed by atoms with Gasteiger partial charge in [0.2, 0.25) is 5.91 Å². The second-order valence-corrected chi connectivity index (χ2v) is 12.2. The number of carbonyl (C=O) groups excluding carboxylic acids is 1. The van der Waals surface area contributed by atoms with Gasteiger partial charge in [-0.05, 0) is 86.5 Å². The summed E-state index contributed by atoms with van der Waals surface area (Å²) < 4.78 is 5.96. The lowest BCUT2D eigenvalue weighted by Gasteiger charge is -2.38. The number of carboxylic acid groups (broad SMARTS) is 1. The lowest BCUT2D eigenvalue weighted by molar-refractivity contribution is -0.137. The van der Waals surface area contributed by atoms with Gasteiger partial charge >= 0.3 is 5.97 Å². The molecule has 0 saturated heterocycles. The van der Waals surface area contributed by atoms with Gasteiger partial charge in [0.05, 0.1) is 5.69 Å². The molecule has 2 aliphatic carbocycles. The van der Waals surface area contributed by atoms with Crippen LogP contribution >= 0.6 is 11.6 Å². The molecule has 190 valence electrons. The van der Waals surface area contributed by atoms with Gasteiger partial charge in [0, 0.05) is 41.0 Å². The summed E-state index contributed by atoms with van der Waals surface area (Å²) in [5.41, 5.74) is 3.87. The molecule has 1 aromatic heterocycles. The number of halogens is 1. The topological polar surface area (TPSA) is 92.4 Å². The van der Waals surface area contributed by atoms with Crippen molar-refractivity contribution >= 4 is 29.2 Å². The van der Waals surface area contributed by atoms with Gasteiger partial charge in [0.1, 0.15) is 5.76 Å². The molecule has 2 aliphatic rings. The van der Waals surface area contributed by atoms with Crippen molar-refractivity contribution in [3.63, 3.8) is 0 Å². The Morgan fingerprint density at radius 3 is 2.54 bits per heavy atom. The minimum Gasteiger partial charge on any atom is -0.481 e. The predicted octanol–water partition coefficient (Wildman–Crippen LogP) is 7.42. The molecule has 2 fully saturated rings. The number of anilines is 1. The molecule has 35 heavy (non-hydrogen) atoms. The van der Waals surface area contributed by atoms with Crippen LogP contribution in [0.1, 0.15) is 112 Å². The minimum absolute atomic E-state index is 0.0126. The molecule has 0 unspecified atom stereocenters. The average Bonchev–Trinajstić information content (AvgIpc) is 3.47. The molecule has 2 N–H and O–H groups in total. The first-order valence-corrected chi connectivity index (χ1v) is 13.1. The molecule has 7 heteroatoms. The van der Waals surface area contributed by atoms with E-state index in [1.165, 1.54) is 6.42 Å². The molecule has 0 aliphatic heterocycles. The summed E-state index contributed by atoms with van der Waals surface area (Å²) in [6.45, 7) is 8.74. The van der Waals surface area contributed by atoms with Crippen LogP contribution in [0.15, 0.2) is 22.7 Å². The van der Waals surface area contributed by atoms with Gasteiger partial charge in [-0.2, -0.15) is 0 Å². The van der Waals surface area contributed by atoms with E-state index >= 15 is 0 Å². The van der Waals surface area contributed by atoms with Crippen molar-refractivity contribution in [2.75, 3.05) is 5.32 Å². The summed E-state index contributed by atoms with van der Waals surface area (Å²) in [5, 5.41) is 17.4. The number of hydrogen-bond donors (Lipinski definition) is 2. The van der Waals surface area contributed by atoms with Gasteiger partial charge in [-0.3, -0.25) is 9.59 Å². The summed E-state index contributed by atoms with van der Waals surface area (Å²) in [6, 6.07) is 5.34. The van der Waals surface area contributed by atoms with Crippen LogP contribution in [0.2, 0.25) is 5.02 Å². The second kappa shape index (κ2) is 10.3. The number of hydrogen-bond acceptors (Lipinski definition) is 4. The van der Waals surface area contributed by atoms with Gasteiger partial charge in [-0.1, -0.05) is 37.5 Å². The largest absolute Gasteiger partial charge is 0.481 e. The molecule has 1 atom stereocenters. The van der Waals surface area contributed by atoms with E-state index in [0.717, 1.165) is 48.3 Å². The van der Waals surface area contributed by atoms with E-state index in [9.17, 15) is 14.7 Å². The van der Waals surface area contributed by atoms with E-state index in [-0.39, 0.29) is 24.7 Å². The van der Waals surface area contributed by atoms with Gasteiger partial charge in [0.25, 0.3) is 0 Å². The Bertz CT molecular complexity index is 1080. The number of aromatic nitrogens is 1. The number of aryl methyl sites for hydroxylation is 1. The minimum atomic E-state index is -0.871. The molecule has 0 radical (unpaired) electrons. The normalized spacial score (nSPS) is 20.8. The number of benzene rings is 1. The van der Waals surface area contributed by atoms with E-state index in [4.69, 9.17) is 16.1 Å². The maximum atomic E-state index is 13.0. The lowest BCUT2D eigenvalue weighted by Crippen LogP contribution is -2.26. The fraction of sp³-hybridized carbons (Fsp3) is 0.607. The Labute approximate surface area is 212 Å². The average molecular weight is 501 g/mol. The number of carboxylic acids is 1. The fourth-order valence-corrected chi connectivity index (χ4v) is 5.73. The fourth-order valence-electron chi connectivity index (χ4n) is 5.50. The Kier molecular flexibility index (Phi) is 7.60. The van der Waals surface area contributed by atoms with Crippen LogP contribution < -0.4 is 5.32 Å². The third kappa shape index (κ3) is 6.66. The zero-order valence-corrected chi connectivity index (χ0v) is 22.0. The standard InChI is InChI=1S/C28H37ClN2O4/c1-16-11-21(29)8-9-22(16)30-23(32)14-19(7-10-24(33)34)26-25(18-5-6-18)27(35-31-26)20-12-17(13-20)15-28(2,3)4/h8-9,11,17-20H,5-7,10,12-15H2,1-4H3,(H,30,32)(H,33,34)/t17-,19-,20-/m0/s1. The molecule has 0 bridgehead atoms. The highest BCUT2D eigenvalue weighted by atomic mass is 35.5. The Hall–Kier alpha value is -2.34. The number of aliphatic carboxylic acids is 1. The Morgan fingerprint density at radius 2 is 1.94 bits per heavy atom. The highest BCUT2D eigenvalue weighted by Gasteiger charge is 2.42. The quantitative estimate of drug-likeness (QED) is 0.354. The number of rotatable bonds is 10. The third-order valence-electron chi connectivity index (χ3n) is 7.26. The maximum absolute atomic E-state index is 13.0. The Balaban J connectivity index is 1.51. The van der Waals surface area contributed by atoms with Crippen molar-refractivity contribution in [1.29, 1.82) is 0 Å². The van der Waals surface area contributed by atoms with Crippen LogP contribution in [0.4, 0.5) is 5.69 Å². The van der Waals surface area contributed by atoms with Crippen LogP contribution in [0.5, 0.6) is 0 Å². The van der Waals surface area contributed by atoms with Crippen molar-refractivity contribution in [2.45, 2.75) is 96.8 Å². The molecule has 1 heterocycles. The molecule has 1 aromatic carbocycles. The molecule has 0 spiro atoms. The third-order valence-corrected chi connectivity index (χ3v) is 7.50. The van der Waals surface area contributed by atoms with E-state index in [1.807, 2.05) is 6.92 Å². The van der Waals surface area contributed by atoms with Crippen molar-refractivity contribution in [2.24, 2.45) is 11.3 Å². The summed E-state index contributed by atoms with van der Waals surface area (Å²) in [6.07, 6.45) is 6.13. The van der Waals surface area contributed by atoms with Gasteiger partial charge in [-0.15, -0.1) is 0 Å². The lowest BCUT2D eigenvalue weighted by atomic mass is 9.66. The van der Waals surface area contributed by atoms with Crippen molar-refractivity contribution in [1.82, 2.24) is 5.16 Å². The van der Waals surface area contributed by atoms with E-state index in [2.05, 4.69) is 31.2 Å². The molecular formula is C28H37ClN2O4. The zero-order chi connectivity index (χ0) is 25.3. The number of amides is 1. The molecule has 2 aromatic rings.